The Bertz CT molecular complexity index is 527. The molecule has 0 saturated carbocycles. The Kier molecular flexibility index (Phi) is 6.51. The Morgan fingerprint density at radius 2 is 2.09 bits per heavy atom. The molecular formula is C19H27NO3. The molecule has 23 heavy (non-hydrogen) atoms. The average Bonchev–Trinajstić information content (AvgIpc) is 2.94. The van der Waals surface area contributed by atoms with Crippen LogP contribution in [0.4, 0.5) is 4.79 Å². The number of hydrogen-bond acceptors (Lipinski definition) is 3. The maximum Gasteiger partial charge on any atom is 0.417 e. The van der Waals surface area contributed by atoms with Crippen molar-refractivity contribution in [2.45, 2.75) is 52.0 Å². The lowest BCUT2D eigenvalue weighted by atomic mass is 10.0. The fraction of sp³-hybridized carbons (Fsp3) is 0.526. The van der Waals surface area contributed by atoms with Gasteiger partial charge in [0.05, 0.1) is 0 Å². The predicted octanol–water partition coefficient (Wildman–Crippen LogP) is 5.19. The number of aliphatic hydroxyl groups is 1. The Hall–Kier alpha value is -1.97. The minimum absolute atomic E-state index is 0.00402. The average molecular weight is 317 g/mol. The van der Waals surface area contributed by atoms with Crippen LogP contribution in [0, 0.1) is 5.92 Å². The number of aliphatic hydroxyl groups excluding tert-OH is 1. The third-order valence-electron chi connectivity index (χ3n) is 4.25. The third kappa shape index (κ3) is 4.75. The highest BCUT2D eigenvalue weighted by Crippen LogP contribution is 2.31. The number of cyclic esters (lactones) is 1. The Morgan fingerprint density at radius 1 is 1.35 bits per heavy atom. The molecule has 1 amide bonds. The van der Waals surface area contributed by atoms with Crippen molar-refractivity contribution in [2.24, 2.45) is 5.92 Å². The van der Waals surface area contributed by atoms with Gasteiger partial charge in [-0.1, -0.05) is 69.9 Å². The van der Waals surface area contributed by atoms with Crippen molar-refractivity contribution in [2.75, 3.05) is 6.61 Å². The summed E-state index contributed by atoms with van der Waals surface area (Å²) in [5, 5.41) is 10.4. The van der Waals surface area contributed by atoms with Gasteiger partial charge in [0.25, 0.3) is 0 Å². The molecule has 126 valence electrons. The van der Waals surface area contributed by atoms with Crippen molar-refractivity contribution < 1.29 is 14.6 Å². The number of amides is 1. The highest BCUT2D eigenvalue weighted by molar-refractivity contribution is 5.72. The van der Waals surface area contributed by atoms with E-state index in [0.717, 1.165) is 18.4 Å². The summed E-state index contributed by atoms with van der Waals surface area (Å²) in [5.74, 6) is 0.237. The molecule has 1 aromatic rings. The molecular weight excluding hydrogens is 290 g/mol. The summed E-state index contributed by atoms with van der Waals surface area (Å²) >= 11 is 0. The van der Waals surface area contributed by atoms with E-state index in [9.17, 15) is 9.90 Å². The SMILES string of the molecule is CCCCCC[C@H](C)/C=C(\O)N1C(=O)OC[C@H]1c1ccccc1. The zero-order valence-electron chi connectivity index (χ0n) is 14.1. The highest BCUT2D eigenvalue weighted by Gasteiger charge is 2.36. The van der Waals surface area contributed by atoms with E-state index in [4.69, 9.17) is 4.74 Å². The van der Waals surface area contributed by atoms with E-state index in [0.29, 0.717) is 0 Å². The molecule has 2 atom stereocenters. The van der Waals surface area contributed by atoms with Gasteiger partial charge in [-0.15, -0.1) is 0 Å². The van der Waals surface area contributed by atoms with Crippen LogP contribution in [0.25, 0.3) is 0 Å². The van der Waals surface area contributed by atoms with Crippen molar-refractivity contribution in [1.82, 2.24) is 4.90 Å². The second-order valence-electron chi connectivity index (χ2n) is 6.22. The van der Waals surface area contributed by atoms with Crippen LogP contribution in [0.5, 0.6) is 0 Å². The maximum atomic E-state index is 12.0. The maximum absolute atomic E-state index is 12.0. The molecule has 1 aromatic carbocycles. The summed E-state index contributed by atoms with van der Waals surface area (Å²) in [6.07, 6.45) is 7.13. The first kappa shape index (κ1) is 17.4. The van der Waals surface area contributed by atoms with Gasteiger partial charge in [-0.2, -0.15) is 0 Å². The van der Waals surface area contributed by atoms with Gasteiger partial charge in [-0.3, -0.25) is 0 Å². The topological polar surface area (TPSA) is 49.8 Å². The van der Waals surface area contributed by atoms with Gasteiger partial charge in [-0.05, 0) is 24.0 Å². The fourth-order valence-electron chi connectivity index (χ4n) is 2.91. The minimum atomic E-state index is -0.481. The molecule has 0 spiro atoms. The van der Waals surface area contributed by atoms with Crippen LogP contribution in [0.3, 0.4) is 0 Å². The van der Waals surface area contributed by atoms with E-state index in [1.165, 1.54) is 24.2 Å². The van der Waals surface area contributed by atoms with Crippen LogP contribution < -0.4 is 0 Å². The van der Waals surface area contributed by atoms with Gasteiger partial charge in [0, 0.05) is 0 Å². The van der Waals surface area contributed by atoms with Crippen LogP contribution in [0.1, 0.15) is 57.6 Å². The molecule has 1 aliphatic heterocycles. The Balaban J connectivity index is 2.01. The molecule has 2 rings (SSSR count). The standard InChI is InChI=1S/C19H27NO3/c1-3-4-5-7-10-15(2)13-18(21)20-17(14-23-19(20)22)16-11-8-6-9-12-16/h6,8-9,11-13,15,17,21H,3-5,7,10,14H2,1-2H3/b18-13-/t15-,17-/m0/s1. The smallest absolute Gasteiger partial charge is 0.417 e. The number of benzene rings is 1. The Morgan fingerprint density at radius 3 is 2.78 bits per heavy atom. The molecule has 0 aromatic heterocycles. The van der Waals surface area contributed by atoms with Gasteiger partial charge in [0.1, 0.15) is 12.6 Å². The monoisotopic (exact) mass is 317 g/mol. The fourth-order valence-corrected chi connectivity index (χ4v) is 2.91. The molecule has 4 nitrogen and oxygen atoms in total. The summed E-state index contributed by atoms with van der Waals surface area (Å²) < 4.78 is 5.13. The van der Waals surface area contributed by atoms with E-state index in [1.54, 1.807) is 6.08 Å². The largest absolute Gasteiger partial charge is 0.495 e. The lowest BCUT2D eigenvalue weighted by molar-refractivity contribution is 0.148. The quantitative estimate of drug-likeness (QED) is 0.530. The molecule has 1 fully saturated rings. The van der Waals surface area contributed by atoms with Crippen molar-refractivity contribution in [1.29, 1.82) is 0 Å². The van der Waals surface area contributed by atoms with Gasteiger partial charge in [0.2, 0.25) is 0 Å². The second kappa shape index (κ2) is 8.61. The van der Waals surface area contributed by atoms with Gasteiger partial charge in [0.15, 0.2) is 5.88 Å². The first-order valence-electron chi connectivity index (χ1n) is 8.55. The van der Waals surface area contributed by atoms with Crippen LogP contribution in [0.2, 0.25) is 0 Å². The molecule has 1 N–H and O–H groups in total. The van der Waals surface area contributed by atoms with Crippen LogP contribution >= 0.6 is 0 Å². The van der Waals surface area contributed by atoms with E-state index in [2.05, 4.69) is 13.8 Å². The van der Waals surface area contributed by atoms with Gasteiger partial charge < -0.3 is 9.84 Å². The van der Waals surface area contributed by atoms with E-state index >= 15 is 0 Å². The van der Waals surface area contributed by atoms with Gasteiger partial charge >= 0.3 is 6.09 Å². The lowest BCUT2D eigenvalue weighted by Crippen LogP contribution is -2.27. The van der Waals surface area contributed by atoms with Crippen LogP contribution in [0.15, 0.2) is 42.3 Å². The number of ether oxygens (including phenoxy) is 1. The predicted molar refractivity (Wildman–Crippen MR) is 91.0 cm³/mol. The van der Waals surface area contributed by atoms with Crippen LogP contribution in [-0.2, 0) is 4.74 Å². The summed E-state index contributed by atoms with van der Waals surface area (Å²) in [7, 11) is 0. The number of allylic oxidation sites excluding steroid dienone is 1. The highest BCUT2D eigenvalue weighted by atomic mass is 16.6. The molecule has 1 heterocycles. The molecule has 0 radical (unpaired) electrons. The first-order chi connectivity index (χ1) is 11.1. The number of carbonyl (C=O) groups is 1. The molecule has 0 unspecified atom stereocenters. The van der Waals surface area contributed by atoms with E-state index in [-0.39, 0.29) is 24.4 Å². The zero-order chi connectivity index (χ0) is 16.7. The van der Waals surface area contributed by atoms with Crippen LogP contribution in [-0.4, -0.2) is 22.7 Å². The Labute approximate surface area is 138 Å². The zero-order valence-corrected chi connectivity index (χ0v) is 14.1. The number of hydrogen-bond donors (Lipinski definition) is 1. The summed E-state index contributed by atoms with van der Waals surface area (Å²) in [5.41, 5.74) is 0.967. The van der Waals surface area contributed by atoms with Gasteiger partial charge in [-0.25, -0.2) is 9.69 Å². The molecule has 0 aliphatic carbocycles. The minimum Gasteiger partial charge on any atom is -0.495 e. The number of rotatable bonds is 8. The molecule has 1 aliphatic rings. The second-order valence-corrected chi connectivity index (χ2v) is 6.22. The number of nitrogens with zero attached hydrogens (tertiary/aromatic N) is 1. The summed E-state index contributed by atoms with van der Waals surface area (Å²) in [4.78, 5) is 13.3. The lowest BCUT2D eigenvalue weighted by Gasteiger charge is -2.21. The third-order valence-corrected chi connectivity index (χ3v) is 4.25. The van der Waals surface area contributed by atoms with Crippen molar-refractivity contribution in [3.8, 4) is 0 Å². The van der Waals surface area contributed by atoms with E-state index < -0.39 is 6.09 Å². The molecule has 4 heteroatoms. The van der Waals surface area contributed by atoms with Crippen molar-refractivity contribution in [3.05, 3.63) is 47.9 Å². The molecule has 0 bridgehead atoms. The molecule has 1 saturated heterocycles. The number of unbranched alkanes of at least 4 members (excludes halogenated alkanes) is 3. The first-order valence-corrected chi connectivity index (χ1v) is 8.55. The summed E-state index contributed by atoms with van der Waals surface area (Å²) in [6.45, 7) is 4.53. The summed E-state index contributed by atoms with van der Waals surface area (Å²) in [6, 6.07) is 9.41. The normalized spacial score (nSPS) is 19.7. The number of carbonyl (C=O) groups excluding carboxylic acids is 1. The van der Waals surface area contributed by atoms with Crippen molar-refractivity contribution >= 4 is 6.09 Å². The van der Waals surface area contributed by atoms with E-state index in [1.807, 2.05) is 30.3 Å². The van der Waals surface area contributed by atoms with Crippen molar-refractivity contribution in [3.63, 3.8) is 0 Å².